The van der Waals surface area contributed by atoms with E-state index in [1.54, 1.807) is 27.4 Å². The number of nitrogens with zero attached hydrogens (tertiary/aromatic N) is 6. The molecule has 0 bridgehead atoms. The number of aliphatic carboxylic acids is 1. The monoisotopic (exact) mass is 544 g/mol. The van der Waals surface area contributed by atoms with Crippen LogP contribution in [0, 0.1) is 0 Å². The number of anilines is 3. The van der Waals surface area contributed by atoms with Crippen LogP contribution in [0.25, 0.3) is 5.65 Å². The normalized spacial score (nSPS) is 19.5. The van der Waals surface area contributed by atoms with Gasteiger partial charge in [0.15, 0.2) is 10.8 Å². The van der Waals surface area contributed by atoms with Crippen LogP contribution in [0.4, 0.5) is 16.9 Å². The third-order valence-electron chi connectivity index (χ3n) is 5.75. The maximum Gasteiger partial charge on any atom is 0.298 e. The molecule has 0 radical (unpaired) electrons. The topological polar surface area (TPSA) is 223 Å². The molecule has 3 aromatic heterocycles. The van der Waals surface area contributed by atoms with Gasteiger partial charge in [0.1, 0.15) is 49.0 Å². The van der Waals surface area contributed by atoms with Crippen molar-refractivity contribution in [2.24, 2.45) is 5.16 Å². The van der Waals surface area contributed by atoms with Crippen LogP contribution < -0.4 is 32.2 Å². The summed E-state index contributed by atoms with van der Waals surface area (Å²) in [6.07, 6.45) is 3.37. The molecule has 0 unspecified atom stereocenters. The average Bonchev–Trinajstić information content (AvgIpc) is 3.46. The molecule has 2 atom stereocenters. The number of amides is 2. The van der Waals surface area contributed by atoms with Crippen LogP contribution in [0.5, 0.6) is 0 Å². The van der Waals surface area contributed by atoms with Gasteiger partial charge in [-0.05, 0) is 0 Å². The summed E-state index contributed by atoms with van der Waals surface area (Å²) in [5, 5.41) is 19.5. The lowest BCUT2D eigenvalue weighted by molar-refractivity contribution is -0.662. The van der Waals surface area contributed by atoms with E-state index < -0.39 is 29.2 Å². The number of nitrogens with one attached hydrogen (secondary N) is 1. The minimum absolute atomic E-state index is 0.138. The first kappa shape index (κ1) is 24.3. The number of hydrogen-bond acceptors (Lipinski definition) is 13. The molecule has 5 rings (SSSR count). The van der Waals surface area contributed by atoms with E-state index >= 15 is 0 Å². The van der Waals surface area contributed by atoms with Gasteiger partial charge in [0, 0.05) is 16.7 Å². The number of aromatic nitrogens is 4. The van der Waals surface area contributed by atoms with Gasteiger partial charge in [-0.3, -0.25) is 14.5 Å². The number of carboxylic acid groups (broad SMARTS) is 1. The highest BCUT2D eigenvalue weighted by Gasteiger charge is 2.53. The van der Waals surface area contributed by atoms with E-state index in [1.807, 2.05) is 0 Å². The summed E-state index contributed by atoms with van der Waals surface area (Å²) in [6.45, 7) is 0.138. The Labute approximate surface area is 216 Å². The van der Waals surface area contributed by atoms with E-state index in [1.165, 1.54) is 24.3 Å². The first-order valence-corrected chi connectivity index (χ1v) is 12.6. The van der Waals surface area contributed by atoms with Crippen LogP contribution in [-0.2, 0) is 25.8 Å². The second-order valence-corrected chi connectivity index (χ2v) is 9.98. The summed E-state index contributed by atoms with van der Waals surface area (Å²) in [5.41, 5.74) is 18.2. The molecule has 2 amide bonds. The van der Waals surface area contributed by atoms with Gasteiger partial charge in [0.25, 0.3) is 23.4 Å². The third kappa shape index (κ3) is 4.16. The Morgan fingerprint density at radius 2 is 2.14 bits per heavy atom. The maximum absolute atomic E-state index is 13.0. The molecule has 17 heteroatoms. The minimum Gasteiger partial charge on any atom is -0.543 e. The van der Waals surface area contributed by atoms with Gasteiger partial charge in [-0.15, -0.1) is 23.1 Å². The van der Waals surface area contributed by atoms with Gasteiger partial charge in [-0.2, -0.15) is 9.38 Å². The van der Waals surface area contributed by atoms with E-state index in [0.29, 0.717) is 11.2 Å². The second-order valence-electron chi connectivity index (χ2n) is 7.99. The Morgan fingerprint density at radius 3 is 2.81 bits per heavy atom. The largest absolute Gasteiger partial charge is 0.543 e. The molecular formula is C20H20N10O5S2. The number of carbonyl (C=O) groups is 3. The van der Waals surface area contributed by atoms with E-state index in [9.17, 15) is 19.5 Å². The summed E-state index contributed by atoms with van der Waals surface area (Å²) >= 11 is 2.42. The highest BCUT2D eigenvalue weighted by molar-refractivity contribution is 8.00. The third-order valence-corrected chi connectivity index (χ3v) is 7.77. The summed E-state index contributed by atoms with van der Waals surface area (Å²) in [5.74, 6) is -2.15. The molecule has 0 aromatic carbocycles. The molecule has 7 N–H and O–H groups in total. The van der Waals surface area contributed by atoms with E-state index in [2.05, 4.69) is 20.4 Å². The van der Waals surface area contributed by atoms with E-state index in [4.69, 9.17) is 22.0 Å². The molecule has 3 aromatic rings. The van der Waals surface area contributed by atoms with Crippen molar-refractivity contribution in [1.82, 2.24) is 24.6 Å². The molecule has 37 heavy (non-hydrogen) atoms. The zero-order valence-corrected chi connectivity index (χ0v) is 20.8. The van der Waals surface area contributed by atoms with Gasteiger partial charge in [-0.1, -0.05) is 5.16 Å². The molecule has 1 fully saturated rings. The van der Waals surface area contributed by atoms with Crippen LogP contribution in [0.2, 0.25) is 0 Å². The first-order valence-electron chi connectivity index (χ1n) is 10.6. The lowest BCUT2D eigenvalue weighted by Gasteiger charge is -2.50. The SMILES string of the molecule is CO/N=C(\C(=O)N[C@@H]1C(=O)N2C(C(=O)[O-])=C(C[n+]3ccn4c(N)nc(N)cc43)CS[C@H]12)c1csc(N)n1. The van der Waals surface area contributed by atoms with Crippen LogP contribution in [0.15, 0.2) is 40.3 Å². The fourth-order valence-electron chi connectivity index (χ4n) is 4.17. The first-order chi connectivity index (χ1) is 17.7. The lowest BCUT2D eigenvalue weighted by Crippen LogP contribution is -2.71. The summed E-state index contributed by atoms with van der Waals surface area (Å²) in [6, 6.07) is 0.615. The standard InChI is InChI=1S/C20H20N10O5S2/c1-35-27-12(9-7-37-20(23)24-9)15(31)26-13-16(32)30-14(18(33)34)8(6-36-17(13)30)5-28-2-3-29-11(28)4-10(21)25-19(29)22/h2-4,7,13,17H,5-6H2,1H3,(H7,21,22,23,24,25,26,31,33,34)/b27-12-/t13-,17-/m1/s1. The molecule has 0 saturated carbocycles. The van der Waals surface area contributed by atoms with Crippen molar-refractivity contribution in [3.8, 4) is 0 Å². The summed E-state index contributed by atoms with van der Waals surface area (Å²) < 4.78 is 3.34. The number of fused-ring (bicyclic) bond motifs is 2. The summed E-state index contributed by atoms with van der Waals surface area (Å²) in [4.78, 5) is 51.9. The Balaban J connectivity index is 1.39. The van der Waals surface area contributed by atoms with Crippen molar-refractivity contribution in [2.75, 3.05) is 30.1 Å². The molecule has 2 aliphatic rings. The quantitative estimate of drug-likeness (QED) is 0.103. The molecule has 15 nitrogen and oxygen atoms in total. The second kappa shape index (κ2) is 9.25. The molecule has 2 aliphatic heterocycles. The smallest absolute Gasteiger partial charge is 0.298 e. The maximum atomic E-state index is 13.0. The number of oxime groups is 1. The van der Waals surface area contributed by atoms with Gasteiger partial charge in [-0.25, -0.2) is 9.55 Å². The van der Waals surface area contributed by atoms with Crippen molar-refractivity contribution in [1.29, 1.82) is 0 Å². The fraction of sp³-hybridized carbons (Fsp3) is 0.250. The summed E-state index contributed by atoms with van der Waals surface area (Å²) in [7, 11) is 1.26. The van der Waals surface area contributed by atoms with Crippen molar-refractivity contribution in [2.45, 2.75) is 18.0 Å². The Kier molecular flexibility index (Phi) is 6.08. The van der Waals surface area contributed by atoms with Gasteiger partial charge in [0.05, 0.1) is 17.7 Å². The number of thiazole rings is 1. The zero-order valence-electron chi connectivity index (χ0n) is 19.2. The van der Waals surface area contributed by atoms with Crippen molar-refractivity contribution in [3.63, 3.8) is 0 Å². The highest BCUT2D eigenvalue weighted by Crippen LogP contribution is 2.40. The lowest BCUT2D eigenvalue weighted by atomic mass is 10.0. The Bertz CT molecular complexity index is 1510. The van der Waals surface area contributed by atoms with Gasteiger partial charge < -0.3 is 37.3 Å². The zero-order chi connectivity index (χ0) is 26.4. The van der Waals surface area contributed by atoms with Gasteiger partial charge in [0.2, 0.25) is 0 Å². The van der Waals surface area contributed by atoms with Crippen LogP contribution in [0.1, 0.15) is 5.69 Å². The van der Waals surface area contributed by atoms with Crippen LogP contribution >= 0.6 is 23.1 Å². The predicted molar refractivity (Wildman–Crippen MR) is 131 cm³/mol. The Morgan fingerprint density at radius 1 is 1.35 bits per heavy atom. The number of rotatable bonds is 7. The minimum atomic E-state index is -1.50. The molecule has 192 valence electrons. The van der Waals surface area contributed by atoms with Crippen LogP contribution in [-0.4, -0.2) is 67.0 Å². The average molecular weight is 545 g/mol. The number of carbonyl (C=O) groups excluding carboxylic acids is 3. The van der Waals surface area contributed by atoms with Crippen molar-refractivity contribution >= 4 is 69.1 Å². The van der Waals surface area contributed by atoms with E-state index in [0.717, 1.165) is 16.2 Å². The van der Waals surface area contributed by atoms with Crippen molar-refractivity contribution in [3.05, 3.63) is 40.8 Å². The highest BCUT2D eigenvalue weighted by atomic mass is 32.2. The molecule has 0 aliphatic carbocycles. The number of carboxylic acids is 1. The Hall–Kier alpha value is -4.38. The molecule has 5 heterocycles. The molecule has 1 saturated heterocycles. The fourth-order valence-corrected chi connectivity index (χ4v) is 6.05. The van der Waals surface area contributed by atoms with E-state index in [-0.39, 0.29) is 46.3 Å². The number of nitrogen functional groups attached to an aromatic ring is 3. The molecular weight excluding hydrogens is 524 g/mol. The predicted octanol–water partition coefficient (Wildman–Crippen LogP) is -2.72. The van der Waals surface area contributed by atoms with Gasteiger partial charge >= 0.3 is 0 Å². The molecule has 0 spiro atoms. The number of hydrogen-bond donors (Lipinski definition) is 4. The number of thioether (sulfide) groups is 1. The number of imidazole rings is 1. The number of β-lactam (4-membered cyclic amide) rings is 1. The van der Waals surface area contributed by atoms with Crippen LogP contribution in [0.3, 0.4) is 0 Å². The number of nitrogens with two attached hydrogens (primary N) is 3. The van der Waals surface area contributed by atoms with Crippen molar-refractivity contribution < 1.29 is 28.9 Å².